The number of rotatable bonds is 8. The first kappa shape index (κ1) is 18.5. The van der Waals surface area contributed by atoms with Crippen LogP contribution in [0.15, 0.2) is 54.6 Å². The van der Waals surface area contributed by atoms with Crippen LogP contribution in [0, 0.1) is 0 Å². The second-order valence-electron chi connectivity index (χ2n) is 5.71. The summed E-state index contributed by atoms with van der Waals surface area (Å²) in [6, 6.07) is 17.0. The van der Waals surface area contributed by atoms with Crippen LogP contribution in [0.25, 0.3) is 0 Å². The Labute approximate surface area is 148 Å². The highest BCUT2D eigenvalue weighted by molar-refractivity contribution is 5.94. The number of esters is 1. The summed E-state index contributed by atoms with van der Waals surface area (Å²) >= 11 is 0. The lowest BCUT2D eigenvalue weighted by atomic mass is 10.1. The van der Waals surface area contributed by atoms with Crippen LogP contribution in [0.1, 0.15) is 28.8 Å². The number of para-hydroxylation sites is 1. The lowest BCUT2D eigenvalue weighted by Gasteiger charge is -2.17. The quantitative estimate of drug-likeness (QED) is 0.692. The fraction of sp³-hybridized carbons (Fsp3) is 0.300. The molecule has 0 atom stereocenters. The van der Waals surface area contributed by atoms with Gasteiger partial charge in [0.2, 0.25) is 0 Å². The molecular weight excluding hydrogens is 318 g/mol. The maximum atomic E-state index is 12.4. The Kier molecular flexibility index (Phi) is 7.01. The number of carbonyl (C=O) groups is 2. The van der Waals surface area contributed by atoms with Crippen LogP contribution in [0.4, 0.5) is 0 Å². The van der Waals surface area contributed by atoms with E-state index in [1.807, 2.05) is 42.5 Å². The molecule has 5 heteroatoms. The molecule has 2 aromatic rings. The van der Waals surface area contributed by atoms with Gasteiger partial charge in [-0.2, -0.15) is 0 Å². The van der Waals surface area contributed by atoms with Gasteiger partial charge < -0.3 is 14.4 Å². The van der Waals surface area contributed by atoms with E-state index >= 15 is 0 Å². The molecule has 0 aliphatic heterocycles. The van der Waals surface area contributed by atoms with E-state index in [9.17, 15) is 9.59 Å². The molecule has 132 valence electrons. The van der Waals surface area contributed by atoms with Crippen LogP contribution >= 0.6 is 0 Å². The van der Waals surface area contributed by atoms with Crippen molar-refractivity contribution in [3.8, 4) is 5.75 Å². The van der Waals surface area contributed by atoms with Gasteiger partial charge in [0.25, 0.3) is 5.91 Å². The number of benzene rings is 2. The number of methoxy groups -OCH3 is 1. The Morgan fingerprint density at radius 1 is 1.00 bits per heavy atom. The van der Waals surface area contributed by atoms with Crippen LogP contribution in [0.5, 0.6) is 5.75 Å². The zero-order valence-corrected chi connectivity index (χ0v) is 14.6. The maximum absolute atomic E-state index is 12.4. The third-order valence-electron chi connectivity index (χ3n) is 3.80. The number of nitrogens with zero attached hydrogens (tertiary/aromatic N) is 1. The molecule has 0 spiro atoms. The number of hydrogen-bond donors (Lipinski definition) is 0. The zero-order chi connectivity index (χ0) is 18.1. The van der Waals surface area contributed by atoms with E-state index in [0.29, 0.717) is 31.6 Å². The second kappa shape index (κ2) is 9.47. The first-order valence-electron chi connectivity index (χ1n) is 8.19. The monoisotopic (exact) mass is 341 g/mol. The van der Waals surface area contributed by atoms with Crippen molar-refractivity contribution in [2.45, 2.75) is 19.4 Å². The van der Waals surface area contributed by atoms with Gasteiger partial charge in [-0.1, -0.05) is 30.3 Å². The van der Waals surface area contributed by atoms with Crippen molar-refractivity contribution >= 4 is 11.9 Å². The van der Waals surface area contributed by atoms with Gasteiger partial charge in [0.05, 0.1) is 7.11 Å². The smallest absolute Gasteiger partial charge is 0.305 e. The predicted octanol–water partition coefficient (Wildman–Crippen LogP) is 3.29. The van der Waals surface area contributed by atoms with Crippen molar-refractivity contribution in [2.75, 3.05) is 20.7 Å². The Morgan fingerprint density at radius 2 is 1.68 bits per heavy atom. The van der Waals surface area contributed by atoms with E-state index in [2.05, 4.69) is 4.74 Å². The van der Waals surface area contributed by atoms with Crippen molar-refractivity contribution in [3.05, 3.63) is 65.7 Å². The highest BCUT2D eigenvalue weighted by Crippen LogP contribution is 2.13. The number of amides is 1. The molecule has 0 unspecified atom stereocenters. The average molecular weight is 341 g/mol. The van der Waals surface area contributed by atoms with Crippen molar-refractivity contribution in [1.82, 2.24) is 4.90 Å². The molecule has 0 fully saturated rings. The molecule has 0 aromatic heterocycles. The number of hydrogen-bond acceptors (Lipinski definition) is 4. The van der Waals surface area contributed by atoms with Crippen LogP contribution in [-0.4, -0.2) is 37.5 Å². The average Bonchev–Trinajstić information content (AvgIpc) is 2.66. The molecular formula is C20H23NO4. The molecule has 0 saturated heterocycles. The van der Waals surface area contributed by atoms with Gasteiger partial charge >= 0.3 is 5.97 Å². The van der Waals surface area contributed by atoms with E-state index < -0.39 is 0 Å². The molecule has 0 N–H and O–H groups in total. The topological polar surface area (TPSA) is 55.8 Å². The summed E-state index contributed by atoms with van der Waals surface area (Å²) in [4.78, 5) is 25.1. The molecule has 0 aliphatic rings. The van der Waals surface area contributed by atoms with Crippen LogP contribution in [-0.2, 0) is 16.1 Å². The Balaban J connectivity index is 1.83. The molecule has 2 rings (SSSR count). The first-order valence-corrected chi connectivity index (χ1v) is 8.19. The predicted molar refractivity (Wildman–Crippen MR) is 95.4 cm³/mol. The van der Waals surface area contributed by atoms with Crippen molar-refractivity contribution in [1.29, 1.82) is 0 Å². The Hall–Kier alpha value is -2.82. The lowest BCUT2D eigenvalue weighted by molar-refractivity contribution is -0.140. The summed E-state index contributed by atoms with van der Waals surface area (Å²) in [6.45, 7) is 0.959. The minimum atomic E-state index is -0.261. The fourth-order valence-electron chi connectivity index (χ4n) is 2.31. The molecule has 2 aromatic carbocycles. The zero-order valence-electron chi connectivity index (χ0n) is 14.6. The molecule has 5 nitrogen and oxygen atoms in total. The molecule has 0 radical (unpaired) electrons. The Morgan fingerprint density at radius 3 is 2.32 bits per heavy atom. The lowest BCUT2D eigenvalue weighted by Crippen LogP contribution is -2.28. The fourth-order valence-corrected chi connectivity index (χ4v) is 2.31. The van der Waals surface area contributed by atoms with E-state index in [-0.39, 0.29) is 11.9 Å². The van der Waals surface area contributed by atoms with Crippen molar-refractivity contribution in [3.63, 3.8) is 0 Å². The summed E-state index contributed by atoms with van der Waals surface area (Å²) in [5.74, 6) is 0.483. The van der Waals surface area contributed by atoms with Gasteiger partial charge in [-0.15, -0.1) is 0 Å². The van der Waals surface area contributed by atoms with Crippen molar-refractivity contribution in [2.24, 2.45) is 0 Å². The number of ether oxygens (including phenoxy) is 2. The van der Waals surface area contributed by atoms with Gasteiger partial charge in [0.1, 0.15) is 12.4 Å². The highest BCUT2D eigenvalue weighted by Gasteiger charge is 2.12. The van der Waals surface area contributed by atoms with Crippen molar-refractivity contribution < 1.29 is 19.1 Å². The third-order valence-corrected chi connectivity index (χ3v) is 3.80. The van der Waals surface area contributed by atoms with Crippen LogP contribution < -0.4 is 4.74 Å². The minimum Gasteiger partial charge on any atom is -0.489 e. The molecule has 0 heterocycles. The largest absolute Gasteiger partial charge is 0.489 e. The van der Waals surface area contributed by atoms with Gasteiger partial charge in [-0.05, 0) is 36.2 Å². The molecule has 0 saturated carbocycles. The summed E-state index contributed by atoms with van der Waals surface area (Å²) < 4.78 is 10.3. The van der Waals surface area contributed by atoms with Gasteiger partial charge in [-0.3, -0.25) is 9.59 Å². The summed E-state index contributed by atoms with van der Waals surface area (Å²) in [6.07, 6.45) is 0.891. The van der Waals surface area contributed by atoms with E-state index in [1.165, 1.54) is 7.11 Å². The number of carbonyl (C=O) groups excluding carboxylic acids is 2. The molecule has 0 bridgehead atoms. The minimum absolute atomic E-state index is 0.0691. The highest BCUT2D eigenvalue weighted by atomic mass is 16.5. The van der Waals surface area contributed by atoms with Gasteiger partial charge in [0.15, 0.2) is 0 Å². The summed E-state index contributed by atoms with van der Waals surface area (Å²) in [7, 11) is 3.09. The Bertz CT molecular complexity index is 683. The summed E-state index contributed by atoms with van der Waals surface area (Å²) in [5, 5.41) is 0. The normalized spacial score (nSPS) is 10.2. The van der Waals surface area contributed by atoms with Crippen LogP contribution in [0.3, 0.4) is 0 Å². The van der Waals surface area contributed by atoms with Gasteiger partial charge in [0, 0.05) is 25.6 Å². The van der Waals surface area contributed by atoms with Crippen LogP contribution in [0.2, 0.25) is 0 Å². The SMILES string of the molecule is COC(=O)CCCN(C)C(=O)c1ccc(COc2ccccc2)cc1. The van der Waals surface area contributed by atoms with E-state index in [4.69, 9.17) is 4.74 Å². The molecule has 1 amide bonds. The molecule has 0 aliphatic carbocycles. The van der Waals surface area contributed by atoms with E-state index in [0.717, 1.165) is 11.3 Å². The van der Waals surface area contributed by atoms with E-state index in [1.54, 1.807) is 24.1 Å². The maximum Gasteiger partial charge on any atom is 0.305 e. The third kappa shape index (κ3) is 5.95. The van der Waals surface area contributed by atoms with Gasteiger partial charge in [-0.25, -0.2) is 0 Å². The first-order chi connectivity index (χ1) is 12.1. The standard InChI is InChI=1S/C20H23NO4/c1-21(14-6-9-19(22)24-2)20(23)17-12-10-16(11-13-17)15-25-18-7-4-3-5-8-18/h3-5,7-8,10-13H,6,9,14-15H2,1-2H3. The molecule has 25 heavy (non-hydrogen) atoms. The second-order valence-corrected chi connectivity index (χ2v) is 5.71. The summed E-state index contributed by atoms with van der Waals surface area (Å²) in [5.41, 5.74) is 1.61.